The van der Waals surface area contributed by atoms with Gasteiger partial charge >= 0.3 is 12.1 Å². The van der Waals surface area contributed by atoms with E-state index in [1.54, 1.807) is 0 Å². The maximum Gasteiger partial charge on any atom is 0.407 e. The molecule has 0 atom stereocenters. The minimum atomic E-state index is -0.419. The Labute approximate surface area is 405 Å². The SMILES string of the molecule is CCCCCCCCC(=O)OCCOCCOCCOCCOCCOCCOCCOCCOCCOCCOCCOCCOCCCNC(=O)OCC1c2ccccc2-c2ccccc21. The summed E-state index contributed by atoms with van der Waals surface area (Å²) in [5, 5.41) is 2.81. The quantitative estimate of drug-likeness (QED) is 0.0569. The number of carbonyl (C=O) groups excluding carboxylic acids is 2. The van der Waals surface area contributed by atoms with Crippen molar-refractivity contribution in [1.29, 1.82) is 0 Å². The zero-order valence-corrected chi connectivity index (χ0v) is 41.0. The van der Waals surface area contributed by atoms with E-state index in [1.165, 1.54) is 47.9 Å². The number of ether oxygens (including phenoxy) is 14. The van der Waals surface area contributed by atoms with Crippen molar-refractivity contribution in [3.63, 3.8) is 0 Å². The summed E-state index contributed by atoms with van der Waals surface area (Å²) in [6.07, 6.45) is 7.64. The molecule has 0 radical (unpaired) electrons. The van der Waals surface area contributed by atoms with Crippen LogP contribution in [0, 0.1) is 0 Å². The first-order chi connectivity index (χ1) is 33.7. The lowest BCUT2D eigenvalue weighted by atomic mass is 9.98. The highest BCUT2D eigenvalue weighted by atomic mass is 16.6. The van der Waals surface area contributed by atoms with Crippen LogP contribution in [0.3, 0.4) is 0 Å². The van der Waals surface area contributed by atoms with E-state index in [0.717, 1.165) is 12.8 Å². The molecule has 0 bridgehead atoms. The monoisotopic (exact) mass is 966 g/mol. The van der Waals surface area contributed by atoms with Crippen LogP contribution in [-0.4, -0.2) is 190 Å². The number of hydrogen-bond acceptors (Lipinski definition) is 16. The van der Waals surface area contributed by atoms with Crippen LogP contribution < -0.4 is 5.32 Å². The summed E-state index contributed by atoms with van der Waals surface area (Å²) in [4.78, 5) is 24.0. The van der Waals surface area contributed by atoms with Gasteiger partial charge in [0, 0.05) is 25.5 Å². The summed E-state index contributed by atoms with van der Waals surface area (Å²) in [5.74, 6) is -0.104. The molecule has 0 saturated carbocycles. The Kier molecular flexibility index (Phi) is 37.9. The molecule has 17 nitrogen and oxygen atoms in total. The first-order valence-electron chi connectivity index (χ1n) is 24.9. The molecule has 2 aromatic carbocycles. The number of alkyl carbamates (subject to hydrolysis) is 1. The second-order valence-corrected chi connectivity index (χ2v) is 15.7. The van der Waals surface area contributed by atoms with Gasteiger partial charge in [-0.15, -0.1) is 0 Å². The van der Waals surface area contributed by atoms with Crippen molar-refractivity contribution in [1.82, 2.24) is 5.32 Å². The highest BCUT2D eigenvalue weighted by molar-refractivity contribution is 5.79. The first-order valence-corrected chi connectivity index (χ1v) is 24.9. The molecule has 68 heavy (non-hydrogen) atoms. The van der Waals surface area contributed by atoms with Gasteiger partial charge in [0.1, 0.15) is 13.2 Å². The number of hydrogen-bond donors (Lipinski definition) is 1. The topological polar surface area (TPSA) is 175 Å². The van der Waals surface area contributed by atoms with Crippen molar-refractivity contribution < 1.29 is 75.9 Å². The Bertz CT molecular complexity index is 1440. The molecular formula is C51H83NO16. The summed E-state index contributed by atoms with van der Waals surface area (Å²) < 4.78 is 76.9. The smallest absolute Gasteiger partial charge is 0.407 e. The molecule has 1 N–H and O–H groups in total. The predicted octanol–water partition coefficient (Wildman–Crippen LogP) is 6.41. The number of rotatable bonds is 49. The third kappa shape index (κ3) is 31.0. The molecule has 1 aliphatic rings. The van der Waals surface area contributed by atoms with Crippen molar-refractivity contribution in [2.24, 2.45) is 0 Å². The van der Waals surface area contributed by atoms with E-state index in [2.05, 4.69) is 36.5 Å². The van der Waals surface area contributed by atoms with Crippen LogP contribution in [0.15, 0.2) is 48.5 Å². The van der Waals surface area contributed by atoms with Gasteiger partial charge in [0.25, 0.3) is 0 Å². The van der Waals surface area contributed by atoms with Crippen molar-refractivity contribution in [3.05, 3.63) is 59.7 Å². The predicted molar refractivity (Wildman–Crippen MR) is 256 cm³/mol. The van der Waals surface area contributed by atoms with Gasteiger partial charge in [-0.2, -0.15) is 0 Å². The highest BCUT2D eigenvalue weighted by Crippen LogP contribution is 2.44. The number of fused-ring (bicyclic) bond motifs is 3. The Morgan fingerprint density at radius 1 is 0.397 bits per heavy atom. The summed E-state index contributed by atoms with van der Waals surface area (Å²) in [7, 11) is 0. The van der Waals surface area contributed by atoms with E-state index in [4.69, 9.17) is 66.3 Å². The molecule has 3 rings (SSSR count). The van der Waals surface area contributed by atoms with Gasteiger partial charge < -0.3 is 71.6 Å². The Balaban J connectivity index is 0.900. The first kappa shape index (κ1) is 59.0. The van der Waals surface area contributed by atoms with Crippen molar-refractivity contribution in [2.45, 2.75) is 64.2 Å². The van der Waals surface area contributed by atoms with E-state index >= 15 is 0 Å². The summed E-state index contributed by atoms with van der Waals surface area (Å²) >= 11 is 0. The zero-order chi connectivity index (χ0) is 48.1. The van der Waals surface area contributed by atoms with Crippen LogP contribution in [0.1, 0.15) is 75.3 Å². The van der Waals surface area contributed by atoms with Crippen LogP contribution in [0.5, 0.6) is 0 Å². The van der Waals surface area contributed by atoms with Crippen molar-refractivity contribution in [3.8, 4) is 11.1 Å². The van der Waals surface area contributed by atoms with E-state index < -0.39 is 6.09 Å². The normalized spacial score (nSPS) is 12.1. The lowest BCUT2D eigenvalue weighted by Gasteiger charge is -2.14. The van der Waals surface area contributed by atoms with Gasteiger partial charge in [-0.1, -0.05) is 87.6 Å². The standard InChI is InChI=1S/C51H83NO16/c1-2-3-4-5-6-7-17-50(53)67-43-42-66-41-40-65-39-38-64-37-36-63-35-34-62-33-32-61-31-30-60-29-28-59-27-26-58-25-24-57-23-22-56-21-20-55-19-12-18-52-51(54)68-44-49-47-15-10-8-13-45(47)46-14-9-11-16-48(46)49/h8-11,13-16,49H,2-7,12,17-44H2,1H3,(H,52,54). The lowest BCUT2D eigenvalue weighted by molar-refractivity contribution is -0.145. The molecule has 0 heterocycles. The van der Waals surface area contributed by atoms with Crippen LogP contribution in [-0.2, 0) is 71.1 Å². The fraction of sp³-hybridized carbons (Fsp3) is 0.725. The Morgan fingerprint density at radius 2 is 0.735 bits per heavy atom. The van der Waals surface area contributed by atoms with Crippen LogP contribution in [0.4, 0.5) is 4.79 Å². The third-order valence-electron chi connectivity index (χ3n) is 10.4. The number of unbranched alkanes of at least 4 members (excludes halogenated alkanes) is 5. The maximum absolute atomic E-state index is 12.3. The molecule has 1 aliphatic carbocycles. The molecule has 17 heteroatoms. The van der Waals surface area contributed by atoms with Crippen LogP contribution in [0.25, 0.3) is 11.1 Å². The van der Waals surface area contributed by atoms with Gasteiger partial charge in [0.2, 0.25) is 0 Å². The molecule has 0 fully saturated rings. The Morgan fingerprint density at radius 3 is 1.13 bits per heavy atom. The van der Waals surface area contributed by atoms with Crippen LogP contribution in [0.2, 0.25) is 0 Å². The molecule has 388 valence electrons. The number of amides is 1. The minimum Gasteiger partial charge on any atom is -0.463 e. The molecule has 0 saturated heterocycles. The fourth-order valence-corrected chi connectivity index (χ4v) is 6.87. The molecule has 0 spiro atoms. The van der Waals surface area contributed by atoms with Gasteiger partial charge in [-0.25, -0.2) is 4.79 Å². The van der Waals surface area contributed by atoms with Crippen LogP contribution >= 0.6 is 0 Å². The molecule has 1 amide bonds. The van der Waals surface area contributed by atoms with Gasteiger partial charge in [0.15, 0.2) is 0 Å². The Hall–Kier alpha value is -3.30. The molecule has 0 aromatic heterocycles. The molecular weight excluding hydrogens is 883 g/mol. The lowest BCUT2D eigenvalue weighted by Crippen LogP contribution is -2.27. The summed E-state index contributed by atoms with van der Waals surface area (Å²) in [5.41, 5.74) is 4.80. The highest BCUT2D eigenvalue weighted by Gasteiger charge is 2.29. The zero-order valence-electron chi connectivity index (χ0n) is 41.0. The van der Waals surface area contributed by atoms with E-state index in [9.17, 15) is 9.59 Å². The largest absolute Gasteiger partial charge is 0.463 e. The van der Waals surface area contributed by atoms with E-state index in [0.29, 0.717) is 185 Å². The second-order valence-electron chi connectivity index (χ2n) is 15.7. The average Bonchev–Trinajstić information content (AvgIpc) is 3.68. The fourth-order valence-electron chi connectivity index (χ4n) is 6.87. The van der Waals surface area contributed by atoms with Gasteiger partial charge in [-0.3, -0.25) is 4.79 Å². The number of nitrogens with one attached hydrogen (secondary N) is 1. The van der Waals surface area contributed by atoms with E-state index in [-0.39, 0.29) is 18.5 Å². The summed E-state index contributed by atoms with van der Waals surface area (Å²) in [6, 6.07) is 16.6. The van der Waals surface area contributed by atoms with E-state index in [1.807, 2.05) is 24.3 Å². The number of esters is 1. The third-order valence-corrected chi connectivity index (χ3v) is 10.4. The molecule has 0 aliphatic heterocycles. The summed E-state index contributed by atoms with van der Waals surface area (Å²) in [6.45, 7) is 14.7. The average molecular weight is 966 g/mol. The van der Waals surface area contributed by atoms with Crippen molar-refractivity contribution in [2.75, 3.05) is 178 Å². The van der Waals surface area contributed by atoms with Crippen molar-refractivity contribution >= 4 is 12.1 Å². The second kappa shape index (κ2) is 43.7. The molecule has 0 unspecified atom stereocenters. The van der Waals surface area contributed by atoms with Gasteiger partial charge in [-0.05, 0) is 35.1 Å². The molecule has 2 aromatic rings. The minimum absolute atomic E-state index is 0.0445. The number of benzene rings is 2. The van der Waals surface area contributed by atoms with Gasteiger partial charge in [0.05, 0.1) is 152 Å². The maximum atomic E-state index is 12.3. The number of carbonyl (C=O) groups is 2.